The molecule has 194 valence electrons. The SMILES string of the molecule is COc1cc(CN(Cc2ccc(-c3ccccc3C(=O)O)cc2)C(=O)CCc2ccccc2)cc(OC)c1. The number of rotatable bonds is 11. The summed E-state index contributed by atoms with van der Waals surface area (Å²) in [4.78, 5) is 26.9. The molecule has 0 unspecified atom stereocenters. The van der Waals surface area contributed by atoms with Crippen LogP contribution in [0.25, 0.3) is 11.1 Å². The van der Waals surface area contributed by atoms with Crippen molar-refractivity contribution in [3.05, 3.63) is 119 Å². The lowest BCUT2D eigenvalue weighted by Gasteiger charge is -2.24. The fourth-order valence-corrected chi connectivity index (χ4v) is 4.40. The van der Waals surface area contributed by atoms with Gasteiger partial charge in [-0.05, 0) is 52.4 Å². The minimum absolute atomic E-state index is 0.0379. The Morgan fingerprint density at radius 3 is 1.95 bits per heavy atom. The quantitative estimate of drug-likeness (QED) is 0.259. The monoisotopic (exact) mass is 509 g/mol. The highest BCUT2D eigenvalue weighted by molar-refractivity contribution is 5.96. The number of hydrogen-bond acceptors (Lipinski definition) is 4. The van der Waals surface area contributed by atoms with Gasteiger partial charge in [0.15, 0.2) is 0 Å². The fourth-order valence-electron chi connectivity index (χ4n) is 4.40. The Labute approximate surface area is 223 Å². The normalized spacial score (nSPS) is 10.6. The van der Waals surface area contributed by atoms with Gasteiger partial charge in [0.25, 0.3) is 0 Å². The van der Waals surface area contributed by atoms with Gasteiger partial charge >= 0.3 is 5.97 Å². The third-order valence-electron chi connectivity index (χ3n) is 6.40. The van der Waals surface area contributed by atoms with Gasteiger partial charge < -0.3 is 19.5 Å². The molecule has 4 aromatic rings. The highest BCUT2D eigenvalue weighted by Gasteiger charge is 2.17. The summed E-state index contributed by atoms with van der Waals surface area (Å²) in [6.45, 7) is 0.804. The van der Waals surface area contributed by atoms with Crippen molar-refractivity contribution < 1.29 is 24.2 Å². The Morgan fingerprint density at radius 2 is 1.32 bits per heavy atom. The Bertz CT molecular complexity index is 1360. The van der Waals surface area contributed by atoms with Crippen molar-refractivity contribution in [2.24, 2.45) is 0 Å². The zero-order valence-corrected chi connectivity index (χ0v) is 21.6. The summed E-state index contributed by atoms with van der Waals surface area (Å²) in [5.41, 5.74) is 4.69. The van der Waals surface area contributed by atoms with Gasteiger partial charge in [-0.25, -0.2) is 4.79 Å². The van der Waals surface area contributed by atoms with E-state index in [0.717, 1.165) is 22.3 Å². The van der Waals surface area contributed by atoms with Crippen molar-refractivity contribution in [1.82, 2.24) is 4.90 Å². The standard InChI is InChI=1S/C32H31NO5/c1-37-27-18-25(19-28(20-27)38-2)22-33(31(34)17-14-23-8-4-3-5-9-23)21-24-12-15-26(16-13-24)29-10-6-7-11-30(29)32(35)36/h3-13,15-16,18-20H,14,17,21-22H2,1-2H3,(H,35,36). The van der Waals surface area contributed by atoms with E-state index < -0.39 is 5.97 Å². The van der Waals surface area contributed by atoms with E-state index in [2.05, 4.69) is 0 Å². The Balaban J connectivity index is 1.57. The average Bonchev–Trinajstić information content (AvgIpc) is 2.96. The number of carbonyl (C=O) groups is 2. The first-order valence-electron chi connectivity index (χ1n) is 12.4. The molecule has 0 heterocycles. The minimum Gasteiger partial charge on any atom is -0.497 e. The minimum atomic E-state index is -0.964. The number of amides is 1. The smallest absolute Gasteiger partial charge is 0.336 e. The van der Waals surface area contributed by atoms with Gasteiger partial charge in [0, 0.05) is 25.6 Å². The molecule has 0 atom stereocenters. The maximum atomic E-state index is 13.4. The first-order valence-corrected chi connectivity index (χ1v) is 12.4. The van der Waals surface area contributed by atoms with Crippen LogP contribution in [-0.2, 0) is 24.3 Å². The average molecular weight is 510 g/mol. The number of aryl methyl sites for hydroxylation is 1. The van der Waals surface area contributed by atoms with E-state index >= 15 is 0 Å². The van der Waals surface area contributed by atoms with Crippen LogP contribution in [0.2, 0.25) is 0 Å². The molecular formula is C32H31NO5. The van der Waals surface area contributed by atoms with Crippen LogP contribution in [0.4, 0.5) is 0 Å². The van der Waals surface area contributed by atoms with Crippen molar-refractivity contribution in [2.75, 3.05) is 14.2 Å². The van der Waals surface area contributed by atoms with Crippen LogP contribution in [0, 0.1) is 0 Å². The van der Waals surface area contributed by atoms with Gasteiger partial charge in [0.1, 0.15) is 11.5 Å². The maximum absolute atomic E-state index is 13.4. The van der Waals surface area contributed by atoms with E-state index in [0.29, 0.717) is 43.0 Å². The summed E-state index contributed by atoms with van der Waals surface area (Å²) in [5, 5.41) is 9.55. The van der Waals surface area contributed by atoms with Crippen LogP contribution in [-0.4, -0.2) is 36.1 Å². The van der Waals surface area contributed by atoms with E-state index in [4.69, 9.17) is 9.47 Å². The molecule has 0 bridgehead atoms. The number of carbonyl (C=O) groups excluding carboxylic acids is 1. The summed E-state index contributed by atoms with van der Waals surface area (Å²) in [5.74, 6) is 0.402. The lowest BCUT2D eigenvalue weighted by molar-refractivity contribution is -0.132. The summed E-state index contributed by atoms with van der Waals surface area (Å²) < 4.78 is 10.8. The highest BCUT2D eigenvalue weighted by atomic mass is 16.5. The summed E-state index contributed by atoms with van der Waals surface area (Å²) in [6, 6.07) is 30.2. The Kier molecular flexibility index (Phi) is 8.77. The Morgan fingerprint density at radius 1 is 0.711 bits per heavy atom. The molecule has 38 heavy (non-hydrogen) atoms. The predicted molar refractivity (Wildman–Crippen MR) is 147 cm³/mol. The van der Waals surface area contributed by atoms with E-state index in [1.54, 1.807) is 38.5 Å². The molecule has 0 spiro atoms. The molecule has 0 fully saturated rings. The van der Waals surface area contributed by atoms with Gasteiger partial charge in [0.2, 0.25) is 5.91 Å². The van der Waals surface area contributed by atoms with E-state index in [1.807, 2.05) is 77.7 Å². The molecule has 0 aliphatic rings. The van der Waals surface area contributed by atoms with Crippen LogP contribution in [0.1, 0.15) is 33.5 Å². The number of nitrogens with zero attached hydrogens (tertiary/aromatic N) is 1. The third-order valence-corrected chi connectivity index (χ3v) is 6.40. The van der Waals surface area contributed by atoms with Crippen LogP contribution >= 0.6 is 0 Å². The maximum Gasteiger partial charge on any atom is 0.336 e. The number of ether oxygens (including phenoxy) is 2. The second-order valence-corrected chi connectivity index (χ2v) is 9.00. The second-order valence-electron chi connectivity index (χ2n) is 9.00. The molecule has 0 radical (unpaired) electrons. The molecule has 0 saturated heterocycles. The first-order chi connectivity index (χ1) is 18.5. The number of hydrogen-bond donors (Lipinski definition) is 1. The number of methoxy groups -OCH3 is 2. The molecule has 4 aromatic carbocycles. The summed E-state index contributed by atoms with van der Waals surface area (Å²) in [7, 11) is 3.21. The molecule has 4 rings (SSSR count). The van der Waals surface area contributed by atoms with Gasteiger partial charge in [-0.1, -0.05) is 72.8 Å². The second kappa shape index (κ2) is 12.6. The van der Waals surface area contributed by atoms with Crippen LogP contribution in [0.3, 0.4) is 0 Å². The van der Waals surface area contributed by atoms with Gasteiger partial charge in [-0.3, -0.25) is 4.79 Å². The molecule has 0 aromatic heterocycles. The number of aromatic carboxylic acids is 1. The topological polar surface area (TPSA) is 76.1 Å². The van der Waals surface area contributed by atoms with Crippen molar-refractivity contribution in [3.8, 4) is 22.6 Å². The van der Waals surface area contributed by atoms with Crippen LogP contribution in [0.5, 0.6) is 11.5 Å². The predicted octanol–water partition coefficient (Wildman–Crippen LogP) is 6.23. The highest BCUT2D eigenvalue weighted by Crippen LogP contribution is 2.26. The first kappa shape index (κ1) is 26.5. The largest absolute Gasteiger partial charge is 0.497 e. The van der Waals surface area contributed by atoms with Crippen molar-refractivity contribution in [2.45, 2.75) is 25.9 Å². The third kappa shape index (κ3) is 6.79. The molecular weight excluding hydrogens is 478 g/mol. The zero-order valence-electron chi connectivity index (χ0n) is 21.6. The van der Waals surface area contributed by atoms with E-state index in [-0.39, 0.29) is 11.5 Å². The number of benzene rings is 4. The molecule has 6 heteroatoms. The molecule has 0 aliphatic heterocycles. The van der Waals surface area contributed by atoms with Crippen LogP contribution < -0.4 is 9.47 Å². The van der Waals surface area contributed by atoms with E-state index in [9.17, 15) is 14.7 Å². The molecule has 1 amide bonds. The fraction of sp³-hybridized carbons (Fsp3) is 0.188. The Hall–Kier alpha value is -4.58. The van der Waals surface area contributed by atoms with Crippen LogP contribution in [0.15, 0.2) is 97.1 Å². The van der Waals surface area contributed by atoms with Gasteiger partial charge in [-0.15, -0.1) is 0 Å². The number of carboxylic acids is 1. The molecule has 1 N–H and O–H groups in total. The van der Waals surface area contributed by atoms with Crippen molar-refractivity contribution in [3.63, 3.8) is 0 Å². The van der Waals surface area contributed by atoms with Crippen molar-refractivity contribution >= 4 is 11.9 Å². The lowest BCUT2D eigenvalue weighted by atomic mass is 9.98. The summed E-state index contributed by atoms with van der Waals surface area (Å²) >= 11 is 0. The van der Waals surface area contributed by atoms with E-state index in [1.165, 1.54) is 0 Å². The lowest BCUT2D eigenvalue weighted by Crippen LogP contribution is -2.30. The van der Waals surface area contributed by atoms with Gasteiger partial charge in [0.05, 0.1) is 19.8 Å². The zero-order chi connectivity index (χ0) is 26.9. The van der Waals surface area contributed by atoms with Crippen molar-refractivity contribution in [1.29, 1.82) is 0 Å². The molecule has 0 aliphatic carbocycles. The van der Waals surface area contributed by atoms with Gasteiger partial charge in [-0.2, -0.15) is 0 Å². The molecule has 0 saturated carbocycles. The molecule has 6 nitrogen and oxygen atoms in total. The number of carboxylic acid groups (broad SMARTS) is 1. The summed E-state index contributed by atoms with van der Waals surface area (Å²) in [6.07, 6.45) is 1.04.